The second-order valence-electron chi connectivity index (χ2n) is 10.3. The Morgan fingerprint density at radius 3 is 2.34 bits per heavy atom. The van der Waals surface area contributed by atoms with Gasteiger partial charge in [0.05, 0.1) is 0 Å². The molecule has 1 atom stereocenters. The molecule has 0 aliphatic heterocycles. The Hall–Kier alpha value is -2.72. The Morgan fingerprint density at radius 1 is 0.914 bits per heavy atom. The molecule has 3 aromatic rings. The summed E-state index contributed by atoms with van der Waals surface area (Å²) < 4.78 is 6.55. The van der Waals surface area contributed by atoms with Gasteiger partial charge >= 0.3 is 0 Å². The van der Waals surface area contributed by atoms with Crippen LogP contribution < -0.4 is 4.74 Å². The lowest BCUT2D eigenvalue weighted by Crippen LogP contribution is -2.30. The average Bonchev–Trinajstić information content (AvgIpc) is 2.86. The number of rotatable bonds is 8. The highest BCUT2D eigenvalue weighted by Gasteiger charge is 2.28. The molecule has 2 aromatic carbocycles. The van der Waals surface area contributed by atoms with Crippen molar-refractivity contribution in [2.24, 2.45) is 0 Å². The van der Waals surface area contributed by atoms with E-state index in [9.17, 15) is 0 Å². The SMILES string of the molecule is CCc1cccc(CC)c1-c1nc(C)c(CN(C)C2CCCc3ccccc32)c(OC2CCC2)n1. The molecule has 1 aromatic heterocycles. The number of fused-ring (bicyclic) bond motifs is 1. The van der Waals surface area contributed by atoms with E-state index < -0.39 is 0 Å². The van der Waals surface area contributed by atoms with Crippen LogP contribution in [0, 0.1) is 6.92 Å². The topological polar surface area (TPSA) is 38.2 Å². The molecule has 1 saturated carbocycles. The predicted octanol–water partition coefficient (Wildman–Crippen LogP) is 7.02. The highest BCUT2D eigenvalue weighted by atomic mass is 16.5. The summed E-state index contributed by atoms with van der Waals surface area (Å²) in [6.07, 6.45) is 9.31. The molecule has 5 rings (SSSR count). The predicted molar refractivity (Wildman–Crippen MR) is 143 cm³/mol. The van der Waals surface area contributed by atoms with Crippen LogP contribution >= 0.6 is 0 Å². The lowest BCUT2D eigenvalue weighted by atomic mass is 9.87. The van der Waals surface area contributed by atoms with E-state index in [1.165, 1.54) is 53.5 Å². The molecule has 4 nitrogen and oxygen atoms in total. The molecule has 2 aliphatic rings. The Morgan fingerprint density at radius 2 is 1.66 bits per heavy atom. The second-order valence-corrected chi connectivity index (χ2v) is 10.3. The summed E-state index contributed by atoms with van der Waals surface area (Å²) in [7, 11) is 2.24. The molecule has 0 spiro atoms. The molecule has 1 heterocycles. The molecule has 184 valence electrons. The van der Waals surface area contributed by atoms with Crippen LogP contribution in [0.4, 0.5) is 0 Å². The molecule has 0 amide bonds. The van der Waals surface area contributed by atoms with Gasteiger partial charge in [0.15, 0.2) is 5.82 Å². The van der Waals surface area contributed by atoms with E-state index in [0.717, 1.165) is 55.2 Å². The first-order chi connectivity index (χ1) is 17.1. The summed E-state index contributed by atoms with van der Waals surface area (Å²) in [6, 6.07) is 15.9. The van der Waals surface area contributed by atoms with Crippen LogP contribution in [0.1, 0.15) is 85.5 Å². The molecule has 0 N–H and O–H groups in total. The van der Waals surface area contributed by atoms with Crippen LogP contribution in [0.25, 0.3) is 11.4 Å². The fraction of sp³-hybridized carbons (Fsp3) is 0.484. The molecule has 1 unspecified atom stereocenters. The van der Waals surface area contributed by atoms with Crippen molar-refractivity contribution in [2.45, 2.75) is 90.8 Å². The van der Waals surface area contributed by atoms with Crippen LogP contribution in [0.15, 0.2) is 42.5 Å². The Bertz CT molecular complexity index is 1160. The first-order valence-corrected chi connectivity index (χ1v) is 13.5. The lowest BCUT2D eigenvalue weighted by molar-refractivity contribution is 0.110. The van der Waals surface area contributed by atoms with Crippen molar-refractivity contribution < 1.29 is 4.74 Å². The number of aryl methyl sites for hydroxylation is 4. The normalized spacial score (nSPS) is 17.8. The van der Waals surface area contributed by atoms with Gasteiger partial charge in [-0.1, -0.05) is 56.3 Å². The van der Waals surface area contributed by atoms with E-state index in [1.807, 2.05) is 0 Å². The van der Waals surface area contributed by atoms with Crippen molar-refractivity contribution in [3.8, 4) is 17.3 Å². The van der Waals surface area contributed by atoms with Gasteiger partial charge in [-0.05, 0) is 87.6 Å². The minimum absolute atomic E-state index is 0.281. The van der Waals surface area contributed by atoms with E-state index in [-0.39, 0.29) is 6.10 Å². The largest absolute Gasteiger partial charge is 0.474 e. The molecule has 0 saturated heterocycles. The molecule has 1 fully saturated rings. The zero-order chi connectivity index (χ0) is 24.4. The van der Waals surface area contributed by atoms with Crippen LogP contribution in [-0.4, -0.2) is 28.0 Å². The van der Waals surface area contributed by atoms with Gasteiger partial charge in [0.1, 0.15) is 6.10 Å². The van der Waals surface area contributed by atoms with Crippen molar-refractivity contribution in [3.05, 3.63) is 76.0 Å². The van der Waals surface area contributed by atoms with E-state index in [1.54, 1.807) is 0 Å². The summed E-state index contributed by atoms with van der Waals surface area (Å²) in [5, 5.41) is 0. The van der Waals surface area contributed by atoms with Crippen molar-refractivity contribution in [3.63, 3.8) is 0 Å². The van der Waals surface area contributed by atoms with E-state index in [2.05, 4.69) is 75.2 Å². The highest BCUT2D eigenvalue weighted by Crippen LogP contribution is 2.37. The number of nitrogens with zero attached hydrogens (tertiary/aromatic N) is 3. The molecule has 2 aliphatic carbocycles. The van der Waals surface area contributed by atoms with Crippen LogP contribution in [-0.2, 0) is 25.8 Å². The van der Waals surface area contributed by atoms with Crippen molar-refractivity contribution in [1.29, 1.82) is 0 Å². The first-order valence-electron chi connectivity index (χ1n) is 13.5. The van der Waals surface area contributed by atoms with Crippen LogP contribution in [0.3, 0.4) is 0 Å². The Labute approximate surface area is 210 Å². The zero-order valence-corrected chi connectivity index (χ0v) is 21.8. The first kappa shape index (κ1) is 24.0. The summed E-state index contributed by atoms with van der Waals surface area (Å²) in [5.41, 5.74) is 8.95. The molecular formula is C31H39N3O. The van der Waals surface area contributed by atoms with Gasteiger partial charge in [0.2, 0.25) is 5.88 Å². The maximum atomic E-state index is 6.55. The molecule has 0 bridgehead atoms. The maximum Gasteiger partial charge on any atom is 0.222 e. The van der Waals surface area contributed by atoms with Gasteiger partial charge in [0.25, 0.3) is 0 Å². The number of hydrogen-bond acceptors (Lipinski definition) is 4. The van der Waals surface area contributed by atoms with Gasteiger partial charge in [0, 0.05) is 29.4 Å². The third-order valence-electron chi connectivity index (χ3n) is 8.01. The smallest absolute Gasteiger partial charge is 0.222 e. The summed E-state index contributed by atoms with van der Waals surface area (Å²) in [5.74, 6) is 1.61. The van der Waals surface area contributed by atoms with Crippen molar-refractivity contribution in [1.82, 2.24) is 14.9 Å². The summed E-state index contributed by atoms with van der Waals surface area (Å²) in [4.78, 5) is 12.7. The Balaban J connectivity index is 1.52. The van der Waals surface area contributed by atoms with Gasteiger partial charge in [-0.15, -0.1) is 0 Å². The minimum atomic E-state index is 0.281. The fourth-order valence-corrected chi connectivity index (χ4v) is 5.68. The van der Waals surface area contributed by atoms with E-state index in [4.69, 9.17) is 14.7 Å². The maximum absolute atomic E-state index is 6.55. The number of hydrogen-bond donors (Lipinski definition) is 0. The number of benzene rings is 2. The molecule has 35 heavy (non-hydrogen) atoms. The van der Waals surface area contributed by atoms with Gasteiger partial charge in [-0.3, -0.25) is 4.90 Å². The third kappa shape index (κ3) is 4.86. The van der Waals surface area contributed by atoms with Crippen molar-refractivity contribution >= 4 is 0 Å². The fourth-order valence-electron chi connectivity index (χ4n) is 5.68. The standard InChI is InChI=1S/C31H39N3O/c1-5-22-13-9-14-23(6-2)29(22)30-32-21(3)27(31(33-30)35-25-16-11-17-25)20-34(4)28-19-10-15-24-12-7-8-18-26(24)28/h7-9,12-14,18,25,28H,5-6,10-11,15-17,19-20H2,1-4H3. The monoisotopic (exact) mass is 469 g/mol. The summed E-state index contributed by atoms with van der Waals surface area (Å²) in [6.45, 7) is 7.35. The minimum Gasteiger partial charge on any atom is -0.474 e. The number of ether oxygens (including phenoxy) is 1. The quantitative estimate of drug-likeness (QED) is 0.355. The lowest BCUT2D eigenvalue weighted by Gasteiger charge is -2.34. The van der Waals surface area contributed by atoms with Crippen LogP contribution in [0.5, 0.6) is 5.88 Å². The van der Waals surface area contributed by atoms with Gasteiger partial charge < -0.3 is 4.74 Å². The average molecular weight is 470 g/mol. The second kappa shape index (κ2) is 10.5. The Kier molecular flexibility index (Phi) is 7.19. The summed E-state index contributed by atoms with van der Waals surface area (Å²) >= 11 is 0. The number of aromatic nitrogens is 2. The van der Waals surface area contributed by atoms with E-state index >= 15 is 0 Å². The van der Waals surface area contributed by atoms with Gasteiger partial charge in [-0.2, -0.15) is 4.98 Å². The van der Waals surface area contributed by atoms with Gasteiger partial charge in [-0.25, -0.2) is 4.98 Å². The van der Waals surface area contributed by atoms with Crippen LogP contribution in [0.2, 0.25) is 0 Å². The zero-order valence-electron chi connectivity index (χ0n) is 21.8. The third-order valence-corrected chi connectivity index (χ3v) is 8.01. The van der Waals surface area contributed by atoms with Crippen molar-refractivity contribution in [2.75, 3.05) is 7.05 Å². The molecular weight excluding hydrogens is 430 g/mol. The highest BCUT2D eigenvalue weighted by molar-refractivity contribution is 5.66. The molecule has 4 heteroatoms. The van der Waals surface area contributed by atoms with E-state index in [0.29, 0.717) is 6.04 Å². The molecule has 0 radical (unpaired) electrons.